The van der Waals surface area contributed by atoms with Gasteiger partial charge in [-0.25, -0.2) is 13.2 Å². The van der Waals surface area contributed by atoms with Gasteiger partial charge in [-0.05, 0) is 63.4 Å². The van der Waals surface area contributed by atoms with E-state index in [1.165, 1.54) is 15.9 Å². The van der Waals surface area contributed by atoms with Crippen LogP contribution >= 0.6 is 0 Å². The van der Waals surface area contributed by atoms with E-state index in [9.17, 15) is 23.1 Å². The number of carbonyl (C=O) groups is 2. The number of anilines is 2. The van der Waals surface area contributed by atoms with Crippen molar-refractivity contribution in [1.82, 2.24) is 9.80 Å². The Morgan fingerprint density at radius 1 is 1.09 bits per heavy atom. The minimum absolute atomic E-state index is 0.133. The van der Waals surface area contributed by atoms with Crippen LogP contribution in [0, 0.1) is 5.92 Å². The monoisotopic (exact) mass is 648 g/mol. The molecule has 0 saturated heterocycles. The summed E-state index contributed by atoms with van der Waals surface area (Å²) in [4.78, 5) is 30.3. The van der Waals surface area contributed by atoms with Crippen molar-refractivity contribution in [3.05, 3.63) is 42.0 Å². The summed E-state index contributed by atoms with van der Waals surface area (Å²) in [6, 6.07) is 8.87. The predicted molar refractivity (Wildman–Crippen MR) is 170 cm³/mol. The van der Waals surface area contributed by atoms with Crippen LogP contribution in [0.15, 0.2) is 36.4 Å². The summed E-state index contributed by atoms with van der Waals surface area (Å²) in [5, 5.41) is 13.0. The molecular formula is C31H44N4O9S. The first-order valence-electron chi connectivity index (χ1n) is 15.1. The Labute approximate surface area is 264 Å². The predicted octanol–water partition coefficient (Wildman–Crippen LogP) is 3.75. The van der Waals surface area contributed by atoms with E-state index >= 15 is 0 Å². The molecule has 3 amide bonds. The summed E-state index contributed by atoms with van der Waals surface area (Å²) in [5.74, 6) is 0.826. The lowest BCUT2D eigenvalue weighted by Crippen LogP contribution is -2.48. The second-order valence-corrected chi connectivity index (χ2v) is 13.5. The molecule has 4 rings (SSSR count). The summed E-state index contributed by atoms with van der Waals surface area (Å²) >= 11 is 0. The third-order valence-electron chi connectivity index (χ3n) is 7.78. The molecule has 248 valence electrons. The van der Waals surface area contributed by atoms with Crippen LogP contribution in [0.1, 0.15) is 50.4 Å². The molecule has 2 aliphatic rings. The highest BCUT2D eigenvalue weighted by molar-refractivity contribution is 7.92. The number of rotatable bonds is 7. The molecule has 0 unspecified atom stereocenters. The van der Waals surface area contributed by atoms with Gasteiger partial charge in [-0.3, -0.25) is 9.52 Å². The highest BCUT2D eigenvalue weighted by Crippen LogP contribution is 2.34. The quantitative estimate of drug-likeness (QED) is 0.407. The molecule has 0 aromatic heterocycles. The minimum atomic E-state index is -3.59. The maximum absolute atomic E-state index is 14.1. The van der Waals surface area contributed by atoms with Gasteiger partial charge in [0.05, 0.1) is 36.7 Å². The lowest BCUT2D eigenvalue weighted by atomic mass is 10.0. The number of likely N-dealkylation sites (N-methyl/N-ethyl adjacent to an activating group) is 1. The molecule has 0 fully saturated rings. The van der Waals surface area contributed by atoms with Crippen LogP contribution in [0.2, 0.25) is 0 Å². The topological polar surface area (TPSA) is 156 Å². The van der Waals surface area contributed by atoms with Gasteiger partial charge in [0.2, 0.25) is 16.8 Å². The third-order valence-corrected chi connectivity index (χ3v) is 8.39. The molecule has 4 atom stereocenters. The van der Waals surface area contributed by atoms with Gasteiger partial charge < -0.3 is 39.2 Å². The average molecular weight is 649 g/mol. The Morgan fingerprint density at radius 3 is 2.53 bits per heavy atom. The number of sulfonamides is 1. The van der Waals surface area contributed by atoms with Crippen LogP contribution in [0.25, 0.3) is 0 Å². The van der Waals surface area contributed by atoms with Gasteiger partial charge in [0.1, 0.15) is 5.75 Å². The van der Waals surface area contributed by atoms with Gasteiger partial charge >= 0.3 is 6.03 Å². The number of fused-ring (bicyclic) bond motifs is 2. The summed E-state index contributed by atoms with van der Waals surface area (Å²) in [6.07, 6.45) is 2.66. The molecule has 0 saturated carbocycles. The summed E-state index contributed by atoms with van der Waals surface area (Å²) < 4.78 is 49.5. The van der Waals surface area contributed by atoms with Crippen molar-refractivity contribution in [2.75, 3.05) is 56.4 Å². The van der Waals surface area contributed by atoms with Gasteiger partial charge in [0, 0.05) is 50.1 Å². The van der Waals surface area contributed by atoms with Crippen LogP contribution in [0.4, 0.5) is 16.2 Å². The number of amides is 3. The van der Waals surface area contributed by atoms with Crippen LogP contribution < -0.4 is 24.2 Å². The van der Waals surface area contributed by atoms with Crippen molar-refractivity contribution in [2.24, 2.45) is 5.92 Å². The molecule has 45 heavy (non-hydrogen) atoms. The first kappa shape index (κ1) is 34.1. The second-order valence-electron chi connectivity index (χ2n) is 11.8. The highest BCUT2D eigenvalue weighted by Gasteiger charge is 2.31. The SMILES string of the molecule is C[C@@H]1CN([C@H](C)CO)C(=O)c2cc(NS(C)(=O)=O)ccc2O[C@@H](C)CCCCO[C@H]1CN(C)C(=O)Nc1ccc2c(c1)OCO2. The molecule has 13 nitrogen and oxygen atoms in total. The fourth-order valence-corrected chi connectivity index (χ4v) is 5.76. The third kappa shape index (κ3) is 9.38. The van der Waals surface area contributed by atoms with Gasteiger partial charge in [-0.2, -0.15) is 0 Å². The molecule has 2 heterocycles. The Kier molecular flexibility index (Phi) is 11.4. The van der Waals surface area contributed by atoms with Crippen LogP contribution in [0.5, 0.6) is 17.2 Å². The van der Waals surface area contributed by atoms with Crippen molar-refractivity contribution in [3.63, 3.8) is 0 Å². The maximum Gasteiger partial charge on any atom is 0.321 e. The highest BCUT2D eigenvalue weighted by atomic mass is 32.2. The number of carbonyl (C=O) groups excluding carboxylic acids is 2. The van der Waals surface area contributed by atoms with E-state index in [0.29, 0.717) is 36.0 Å². The molecule has 0 bridgehead atoms. The van der Waals surface area contributed by atoms with E-state index < -0.39 is 28.1 Å². The zero-order valence-electron chi connectivity index (χ0n) is 26.4. The van der Waals surface area contributed by atoms with E-state index in [-0.39, 0.29) is 55.8 Å². The number of ether oxygens (including phenoxy) is 4. The Morgan fingerprint density at radius 2 is 1.80 bits per heavy atom. The molecule has 2 aromatic rings. The molecule has 0 radical (unpaired) electrons. The standard InChI is InChI=1S/C31H44N4O9S/c1-20-16-35(21(2)18-36)30(37)25-14-24(33-45(5,39)40)10-11-26(25)44-22(3)8-6-7-13-41-29(20)17-34(4)31(38)32-23-9-12-27-28(15-23)43-19-42-27/h9-12,14-15,20-22,29,33,36H,6-8,13,16-19H2,1-5H3,(H,32,38)/t20-,21-,22+,29+/m1/s1. The van der Waals surface area contributed by atoms with Crippen molar-refractivity contribution >= 4 is 33.3 Å². The molecule has 0 aliphatic carbocycles. The molecular weight excluding hydrogens is 604 g/mol. The van der Waals surface area contributed by atoms with Crippen LogP contribution in [-0.4, -0.2) is 99.9 Å². The zero-order valence-corrected chi connectivity index (χ0v) is 27.3. The fraction of sp³-hybridized carbons (Fsp3) is 0.548. The maximum atomic E-state index is 14.1. The normalized spacial score (nSPS) is 21.6. The number of hydrogen-bond donors (Lipinski definition) is 3. The first-order valence-corrected chi connectivity index (χ1v) is 17.0. The lowest BCUT2D eigenvalue weighted by molar-refractivity contribution is -0.0115. The number of urea groups is 1. The smallest absolute Gasteiger partial charge is 0.321 e. The largest absolute Gasteiger partial charge is 0.490 e. The number of aliphatic hydroxyl groups is 1. The van der Waals surface area contributed by atoms with E-state index in [0.717, 1.165) is 19.1 Å². The van der Waals surface area contributed by atoms with Crippen LogP contribution in [0.3, 0.4) is 0 Å². The van der Waals surface area contributed by atoms with E-state index in [1.54, 1.807) is 44.3 Å². The Balaban J connectivity index is 1.57. The number of benzene rings is 2. The molecule has 3 N–H and O–H groups in total. The molecule has 2 aromatic carbocycles. The van der Waals surface area contributed by atoms with Crippen molar-refractivity contribution in [2.45, 2.75) is 58.3 Å². The summed E-state index contributed by atoms with van der Waals surface area (Å²) in [5.41, 5.74) is 0.963. The fourth-order valence-electron chi connectivity index (χ4n) is 5.21. The van der Waals surface area contributed by atoms with Crippen molar-refractivity contribution < 1.29 is 42.1 Å². The van der Waals surface area contributed by atoms with Crippen molar-refractivity contribution in [1.29, 1.82) is 0 Å². The van der Waals surface area contributed by atoms with Gasteiger partial charge in [0.15, 0.2) is 11.5 Å². The summed E-state index contributed by atoms with van der Waals surface area (Å²) in [7, 11) is -1.92. The number of nitrogens with one attached hydrogen (secondary N) is 2. The number of nitrogens with zero attached hydrogens (tertiary/aromatic N) is 2. The van der Waals surface area contributed by atoms with E-state index in [2.05, 4.69) is 10.0 Å². The minimum Gasteiger partial charge on any atom is -0.490 e. The van der Waals surface area contributed by atoms with Crippen LogP contribution in [-0.2, 0) is 14.8 Å². The van der Waals surface area contributed by atoms with E-state index in [1.807, 2.05) is 13.8 Å². The van der Waals surface area contributed by atoms with Gasteiger partial charge in [-0.1, -0.05) is 6.92 Å². The summed E-state index contributed by atoms with van der Waals surface area (Å²) in [6.45, 7) is 6.31. The van der Waals surface area contributed by atoms with E-state index in [4.69, 9.17) is 18.9 Å². The van der Waals surface area contributed by atoms with Crippen molar-refractivity contribution in [3.8, 4) is 17.2 Å². The van der Waals surface area contributed by atoms with Gasteiger partial charge in [-0.15, -0.1) is 0 Å². The zero-order chi connectivity index (χ0) is 32.7. The Hall–Kier alpha value is -3.75. The lowest BCUT2D eigenvalue weighted by Gasteiger charge is -2.35. The molecule has 2 aliphatic heterocycles. The number of hydrogen-bond acceptors (Lipinski definition) is 9. The number of aliphatic hydroxyl groups excluding tert-OH is 1. The molecule has 0 spiro atoms. The first-order chi connectivity index (χ1) is 21.3. The average Bonchev–Trinajstić information content (AvgIpc) is 3.45. The second kappa shape index (κ2) is 15.0. The Bertz CT molecular complexity index is 1450. The van der Waals surface area contributed by atoms with Gasteiger partial charge in [0.25, 0.3) is 5.91 Å². The molecule has 14 heteroatoms.